The lowest BCUT2D eigenvalue weighted by Gasteiger charge is -2.20. The third-order valence-corrected chi connectivity index (χ3v) is 18.4. The number of amidine groups is 1. The molecule has 524 valence electrons. The van der Waals surface area contributed by atoms with Gasteiger partial charge in [0.25, 0.3) is 5.82 Å². The number of likely N-dealkylation sites (N-methyl/N-ethyl adjacent to an activating group) is 2. The molecular weight excluding hydrogens is 1170 g/mol. The Morgan fingerprint density at radius 2 is 1.05 bits per heavy atom. The molecule has 7 aromatic heterocycles. The standard InChI is InChI=1S/C15H25N2.C12H23N2.C11H21N2.C10H19N2.C9H17N2.C8H15N2.C6H11N2.C5H10ClN2/c1-3-7-14(8-4-1)16-11-12-17(13-16)15-9-5-2-6-10-15;1-3-4-5-6-7-8-9-14-11-10-13(2)12-14;1-10(2,3)12-7-8-13(9-12)11(4,5)6;1-3-4-5-6-7-12-9-8-11(2)10-12;1-8(2)10-5-6-11(7-10)9(3)4;1-4-5-10-7-6-9(3)8(10)2;1-3-8-5-4-7(2)6-8;1-7-3-4-8(2)5(7)6/h11-15H,1-10H2;10-12H,3-9H2,1-2H3;7-9H,1-6H3;8-10H,3-7H2,1-2H3;5-9H,1-4H3;6-7H,4-5H2,1-3H3;4-6H,3H2,1-2H3;3-4H2,1-2H3/q8*+1. The highest BCUT2D eigenvalue weighted by atomic mass is 35.5. The van der Waals surface area contributed by atoms with E-state index in [4.69, 9.17) is 11.6 Å². The van der Waals surface area contributed by atoms with Crippen LogP contribution in [0.25, 0.3) is 0 Å². The summed E-state index contributed by atoms with van der Waals surface area (Å²) in [4.78, 5) is 2.03. The van der Waals surface area contributed by atoms with Gasteiger partial charge in [-0.15, -0.1) is 0 Å². The molecule has 7 aromatic rings. The van der Waals surface area contributed by atoms with Gasteiger partial charge in [-0.2, -0.15) is 0 Å². The fourth-order valence-corrected chi connectivity index (χ4v) is 11.5. The number of imidazole rings is 7. The summed E-state index contributed by atoms with van der Waals surface area (Å²) in [6, 6.07) is 2.70. The molecule has 1 aliphatic heterocycles. The van der Waals surface area contributed by atoms with E-state index >= 15 is 0 Å². The number of unbranched alkanes of at least 4 members (excludes halogenated alkanes) is 8. The molecular formula is C76H141ClN16+8. The molecule has 0 unspecified atom stereocenters. The van der Waals surface area contributed by atoms with E-state index in [2.05, 4.69) is 303 Å². The summed E-state index contributed by atoms with van der Waals surface area (Å²) in [5.74, 6) is 1.32. The molecule has 2 fully saturated rings. The Hall–Kier alpha value is -5.77. The molecule has 0 aromatic carbocycles. The third kappa shape index (κ3) is 32.5. The van der Waals surface area contributed by atoms with Gasteiger partial charge in [0.2, 0.25) is 38.0 Å². The second-order valence-electron chi connectivity index (χ2n) is 29.1. The van der Waals surface area contributed by atoms with Gasteiger partial charge in [0.15, 0.2) is 0 Å². The highest BCUT2D eigenvalue weighted by Gasteiger charge is 2.26. The zero-order valence-corrected chi connectivity index (χ0v) is 64.2. The Labute approximate surface area is 573 Å². The van der Waals surface area contributed by atoms with Crippen molar-refractivity contribution < 1.29 is 36.5 Å². The monoisotopic (exact) mass is 1310 g/mol. The number of rotatable bonds is 19. The van der Waals surface area contributed by atoms with Crippen LogP contribution in [0.2, 0.25) is 0 Å². The fourth-order valence-electron chi connectivity index (χ4n) is 11.3. The molecule has 0 bridgehead atoms. The smallest absolute Gasteiger partial charge is 0.250 e. The van der Waals surface area contributed by atoms with E-state index in [1.165, 1.54) is 154 Å². The van der Waals surface area contributed by atoms with Gasteiger partial charge in [0, 0.05) is 18.5 Å². The van der Waals surface area contributed by atoms with Gasteiger partial charge in [-0.05, 0) is 160 Å². The van der Waals surface area contributed by atoms with Crippen LogP contribution in [0, 0.1) is 6.92 Å². The maximum absolute atomic E-state index is 5.78. The summed E-state index contributed by atoms with van der Waals surface area (Å²) in [7, 11) is 12.2. The Bertz CT molecular complexity index is 2930. The van der Waals surface area contributed by atoms with Gasteiger partial charge in [0.1, 0.15) is 123 Å². The first-order chi connectivity index (χ1) is 44.2. The second kappa shape index (κ2) is 44.1. The van der Waals surface area contributed by atoms with Crippen LogP contribution in [-0.4, -0.2) is 73.9 Å². The number of halogens is 1. The molecule has 3 aliphatic rings. The van der Waals surface area contributed by atoms with Crippen LogP contribution in [0.15, 0.2) is 125 Å². The van der Waals surface area contributed by atoms with Crippen molar-refractivity contribution in [2.24, 2.45) is 28.2 Å². The minimum Gasteiger partial charge on any atom is -0.250 e. The van der Waals surface area contributed by atoms with Crippen LogP contribution < -0.4 is 32.0 Å². The summed E-state index contributed by atoms with van der Waals surface area (Å²) in [6.45, 7) is 39.6. The zero-order valence-electron chi connectivity index (χ0n) is 63.5. The first-order valence-electron chi connectivity index (χ1n) is 36.5. The van der Waals surface area contributed by atoms with Gasteiger partial charge >= 0.3 is 5.29 Å². The van der Waals surface area contributed by atoms with Crippen molar-refractivity contribution in [2.75, 3.05) is 27.2 Å². The van der Waals surface area contributed by atoms with E-state index in [-0.39, 0.29) is 11.1 Å². The van der Waals surface area contributed by atoms with Gasteiger partial charge in [-0.1, -0.05) is 72.1 Å². The summed E-state index contributed by atoms with van der Waals surface area (Å²) in [5.41, 5.74) is 0.354. The molecule has 0 atom stereocenters. The van der Waals surface area contributed by atoms with Crippen molar-refractivity contribution in [3.63, 3.8) is 0 Å². The van der Waals surface area contributed by atoms with E-state index in [0.29, 0.717) is 12.1 Å². The van der Waals surface area contributed by atoms with Crippen LogP contribution in [0.5, 0.6) is 0 Å². The molecule has 0 amide bonds. The van der Waals surface area contributed by atoms with Crippen LogP contribution >= 0.6 is 11.6 Å². The van der Waals surface area contributed by atoms with Crippen molar-refractivity contribution in [2.45, 2.75) is 300 Å². The number of hydrogen-bond acceptors (Lipinski definition) is 1. The van der Waals surface area contributed by atoms with Crippen LogP contribution in [0.4, 0.5) is 0 Å². The van der Waals surface area contributed by atoms with E-state index in [9.17, 15) is 0 Å². The molecule has 93 heavy (non-hydrogen) atoms. The third-order valence-electron chi connectivity index (χ3n) is 17.9. The Balaban J connectivity index is 0.000000280. The summed E-state index contributed by atoms with van der Waals surface area (Å²) < 4.78 is 33.1. The second-order valence-corrected chi connectivity index (χ2v) is 29.4. The zero-order chi connectivity index (χ0) is 68.9. The van der Waals surface area contributed by atoms with E-state index < -0.39 is 0 Å². The Kier molecular flexibility index (Phi) is 38.6. The first kappa shape index (κ1) is 81.5. The highest BCUT2D eigenvalue weighted by Crippen LogP contribution is 2.29. The van der Waals surface area contributed by atoms with Crippen LogP contribution in [-0.2, 0) is 65.4 Å². The molecule has 2 saturated carbocycles. The summed E-state index contributed by atoms with van der Waals surface area (Å²) >= 11 is 5.78. The lowest BCUT2D eigenvalue weighted by molar-refractivity contribution is -0.753. The minimum atomic E-state index is 0.177. The van der Waals surface area contributed by atoms with Crippen molar-refractivity contribution >= 4 is 16.9 Å². The highest BCUT2D eigenvalue weighted by molar-refractivity contribution is 6.63. The van der Waals surface area contributed by atoms with Crippen LogP contribution in [0.3, 0.4) is 0 Å². The molecule has 10 rings (SSSR count). The fraction of sp³-hybridized carbons (Fsp3) is 0.711. The molecule has 0 N–H and O–H groups in total. The SMILES string of the molecule is CC(C)(C)n1cc[n+](C(C)(C)C)c1.CC(C)n1cc[n+](C(C)C)c1.CCCCCCCCn1cc[n+](C)c1.CCCCCCn1cc[n+](C)c1.CCCn1cc[n+](C)c1C.CCn1cc[n+](C)c1.CN1CC[N+](C)=C1Cl.c1c[n+](C2CCCCC2)cn1C1CCCCC1. The lowest BCUT2D eigenvalue weighted by atomic mass is 9.95. The Morgan fingerprint density at radius 1 is 0.527 bits per heavy atom. The number of aryl methyl sites for hydroxylation is 8. The molecule has 0 radical (unpaired) electrons. The largest absolute Gasteiger partial charge is 0.344 e. The maximum atomic E-state index is 5.78. The lowest BCUT2D eigenvalue weighted by Crippen LogP contribution is -2.48. The molecule has 0 saturated heterocycles. The molecule has 16 nitrogen and oxygen atoms in total. The van der Waals surface area contributed by atoms with E-state index in [1.54, 1.807) is 0 Å². The summed E-state index contributed by atoms with van der Waals surface area (Å²) in [5, 5.41) is 0.852. The molecule has 17 heteroatoms. The number of hydrogen-bond donors (Lipinski definition) is 0. The predicted molar refractivity (Wildman–Crippen MR) is 384 cm³/mol. The number of nitrogens with zero attached hydrogens (tertiary/aromatic N) is 16. The summed E-state index contributed by atoms with van der Waals surface area (Å²) in [6.07, 6.45) is 71.8. The quantitative estimate of drug-likeness (QED) is 0.0452. The van der Waals surface area contributed by atoms with Crippen molar-refractivity contribution in [1.82, 2.24) is 36.9 Å². The molecule has 0 spiro atoms. The first-order valence-corrected chi connectivity index (χ1v) is 36.8. The average Bonchev–Trinajstić information content (AvgIpc) is 2.08. The normalized spacial score (nSPS) is 14.3. The van der Waals surface area contributed by atoms with Gasteiger partial charge in [-0.25, -0.2) is 63.9 Å². The molecule has 2 aliphatic carbocycles. The number of aromatic nitrogens is 14. The minimum absolute atomic E-state index is 0.177. The van der Waals surface area contributed by atoms with Crippen molar-refractivity contribution in [3.05, 3.63) is 131 Å². The average molecular weight is 1310 g/mol. The van der Waals surface area contributed by atoms with E-state index in [0.717, 1.165) is 43.6 Å². The predicted octanol–water partition coefficient (Wildman–Crippen LogP) is 14.1. The van der Waals surface area contributed by atoms with Gasteiger partial charge in [-0.3, -0.25) is 9.48 Å². The van der Waals surface area contributed by atoms with E-state index in [1.807, 2.05) is 41.4 Å². The Morgan fingerprint density at radius 3 is 1.42 bits per heavy atom. The topological polar surface area (TPSA) is 67.9 Å². The molecule has 8 heterocycles. The van der Waals surface area contributed by atoms with Gasteiger partial charge in [0.05, 0.1) is 80.5 Å². The maximum Gasteiger partial charge on any atom is 0.344 e. The van der Waals surface area contributed by atoms with Gasteiger partial charge < -0.3 is 0 Å². The van der Waals surface area contributed by atoms with Crippen molar-refractivity contribution in [3.8, 4) is 0 Å². The van der Waals surface area contributed by atoms with Crippen molar-refractivity contribution in [1.29, 1.82) is 0 Å². The van der Waals surface area contributed by atoms with Crippen LogP contribution in [0.1, 0.15) is 262 Å².